The van der Waals surface area contributed by atoms with E-state index in [1.807, 2.05) is 0 Å². The molecule has 0 bridgehead atoms. The highest BCUT2D eigenvalue weighted by atomic mass is 16.4. The van der Waals surface area contributed by atoms with Gasteiger partial charge >= 0.3 is 12.0 Å². The minimum atomic E-state index is -0.818. The summed E-state index contributed by atoms with van der Waals surface area (Å²) in [5, 5.41) is 14.2. The van der Waals surface area contributed by atoms with Gasteiger partial charge in [0.2, 0.25) is 0 Å². The quantitative estimate of drug-likeness (QED) is 0.587. The van der Waals surface area contributed by atoms with Crippen LogP contribution in [0.4, 0.5) is 4.79 Å². The Hall–Kier alpha value is -1.26. The van der Waals surface area contributed by atoms with Crippen molar-refractivity contribution in [2.24, 2.45) is 11.8 Å². The van der Waals surface area contributed by atoms with E-state index in [2.05, 4.69) is 10.6 Å². The monoisotopic (exact) mass is 240 g/mol. The SMILES string of the molecule is O=C(O)CCCNC(=O)NC(C1CC1)C1CC1. The molecule has 3 N–H and O–H groups in total. The highest BCUT2D eigenvalue weighted by molar-refractivity contribution is 5.74. The number of carbonyl (C=O) groups is 2. The Labute approximate surface area is 101 Å². The molecule has 5 nitrogen and oxygen atoms in total. The summed E-state index contributed by atoms with van der Waals surface area (Å²) < 4.78 is 0. The molecule has 0 saturated heterocycles. The zero-order valence-corrected chi connectivity index (χ0v) is 9.95. The average Bonchev–Trinajstić information content (AvgIpc) is 3.15. The molecule has 96 valence electrons. The first-order valence-corrected chi connectivity index (χ1v) is 6.43. The van der Waals surface area contributed by atoms with E-state index < -0.39 is 5.97 Å². The van der Waals surface area contributed by atoms with E-state index in [0.29, 0.717) is 30.8 Å². The fraction of sp³-hybridized carbons (Fsp3) is 0.833. The van der Waals surface area contributed by atoms with Crippen LogP contribution < -0.4 is 10.6 Å². The van der Waals surface area contributed by atoms with Crippen LogP contribution >= 0.6 is 0 Å². The Morgan fingerprint density at radius 2 is 1.76 bits per heavy atom. The molecule has 2 saturated carbocycles. The number of hydrogen-bond acceptors (Lipinski definition) is 2. The standard InChI is InChI=1S/C12H20N2O3/c15-10(16)2-1-7-13-12(17)14-11(8-3-4-8)9-5-6-9/h8-9,11H,1-7H2,(H,15,16)(H2,13,14,17). The summed E-state index contributed by atoms with van der Waals surface area (Å²) in [7, 11) is 0. The predicted molar refractivity (Wildman–Crippen MR) is 62.6 cm³/mol. The summed E-state index contributed by atoms with van der Waals surface area (Å²) in [4.78, 5) is 21.9. The molecule has 2 amide bonds. The van der Waals surface area contributed by atoms with Gasteiger partial charge in [0, 0.05) is 19.0 Å². The lowest BCUT2D eigenvalue weighted by Gasteiger charge is -2.17. The van der Waals surface area contributed by atoms with Crippen molar-refractivity contribution < 1.29 is 14.7 Å². The van der Waals surface area contributed by atoms with Crippen molar-refractivity contribution >= 4 is 12.0 Å². The Balaban J connectivity index is 1.60. The Bertz CT molecular complexity index is 286. The Kier molecular flexibility index (Phi) is 3.86. The first-order chi connectivity index (χ1) is 8.16. The van der Waals surface area contributed by atoms with E-state index in [0.717, 1.165) is 0 Å². The van der Waals surface area contributed by atoms with Crippen molar-refractivity contribution in [3.63, 3.8) is 0 Å². The third-order valence-corrected chi connectivity index (χ3v) is 3.41. The molecule has 17 heavy (non-hydrogen) atoms. The highest BCUT2D eigenvalue weighted by Crippen LogP contribution is 2.44. The average molecular weight is 240 g/mol. The zero-order chi connectivity index (χ0) is 12.3. The maximum atomic E-state index is 11.6. The number of nitrogens with one attached hydrogen (secondary N) is 2. The van der Waals surface area contributed by atoms with Gasteiger partial charge < -0.3 is 15.7 Å². The molecule has 2 rings (SSSR count). The summed E-state index contributed by atoms with van der Waals surface area (Å²) in [5.41, 5.74) is 0. The van der Waals surface area contributed by atoms with Crippen molar-refractivity contribution in [3.8, 4) is 0 Å². The van der Waals surface area contributed by atoms with Gasteiger partial charge in [-0.2, -0.15) is 0 Å². The highest BCUT2D eigenvalue weighted by Gasteiger charge is 2.42. The lowest BCUT2D eigenvalue weighted by atomic mass is 10.1. The Morgan fingerprint density at radius 3 is 2.24 bits per heavy atom. The molecule has 2 fully saturated rings. The molecule has 0 aromatic carbocycles. The van der Waals surface area contributed by atoms with Crippen LogP contribution in [0.15, 0.2) is 0 Å². The molecular weight excluding hydrogens is 220 g/mol. The van der Waals surface area contributed by atoms with Crippen molar-refractivity contribution in [2.45, 2.75) is 44.6 Å². The number of aliphatic carboxylic acids is 1. The van der Waals surface area contributed by atoms with Gasteiger partial charge in [-0.05, 0) is 43.9 Å². The molecule has 2 aliphatic carbocycles. The van der Waals surface area contributed by atoms with Crippen LogP contribution in [-0.2, 0) is 4.79 Å². The van der Waals surface area contributed by atoms with Crippen molar-refractivity contribution in [2.75, 3.05) is 6.54 Å². The van der Waals surface area contributed by atoms with Gasteiger partial charge in [-0.1, -0.05) is 0 Å². The molecule has 0 aromatic rings. The third-order valence-electron chi connectivity index (χ3n) is 3.41. The van der Waals surface area contributed by atoms with Crippen LogP contribution in [-0.4, -0.2) is 29.7 Å². The number of urea groups is 1. The predicted octanol–water partition coefficient (Wildman–Crippen LogP) is 1.34. The molecule has 0 radical (unpaired) electrons. The van der Waals surface area contributed by atoms with Gasteiger partial charge in [0.25, 0.3) is 0 Å². The van der Waals surface area contributed by atoms with Crippen LogP contribution in [0.5, 0.6) is 0 Å². The zero-order valence-electron chi connectivity index (χ0n) is 9.95. The molecule has 0 unspecified atom stereocenters. The number of amides is 2. The van der Waals surface area contributed by atoms with Gasteiger partial charge in [0.15, 0.2) is 0 Å². The number of hydrogen-bond donors (Lipinski definition) is 3. The summed E-state index contributed by atoms with van der Waals surface area (Å²) in [6, 6.07) is 0.216. The first kappa shape index (κ1) is 12.2. The van der Waals surface area contributed by atoms with Crippen LogP contribution in [0, 0.1) is 11.8 Å². The molecule has 5 heteroatoms. The Morgan fingerprint density at radius 1 is 1.18 bits per heavy atom. The van der Waals surface area contributed by atoms with E-state index in [-0.39, 0.29) is 12.5 Å². The molecule has 0 atom stereocenters. The first-order valence-electron chi connectivity index (χ1n) is 6.43. The fourth-order valence-electron chi connectivity index (χ4n) is 2.18. The van der Waals surface area contributed by atoms with Crippen LogP contribution in [0.2, 0.25) is 0 Å². The molecule has 0 spiro atoms. The summed E-state index contributed by atoms with van der Waals surface area (Å²) in [6.45, 7) is 0.431. The maximum absolute atomic E-state index is 11.6. The van der Waals surface area contributed by atoms with Crippen molar-refractivity contribution in [1.82, 2.24) is 10.6 Å². The minimum Gasteiger partial charge on any atom is -0.481 e. The summed E-state index contributed by atoms with van der Waals surface area (Å²) in [5.74, 6) is 0.556. The largest absolute Gasteiger partial charge is 0.481 e. The number of carboxylic acid groups (broad SMARTS) is 1. The molecular formula is C12H20N2O3. The van der Waals surface area contributed by atoms with Crippen LogP contribution in [0.3, 0.4) is 0 Å². The van der Waals surface area contributed by atoms with E-state index in [4.69, 9.17) is 5.11 Å². The minimum absolute atomic E-state index is 0.106. The second kappa shape index (κ2) is 5.38. The summed E-state index contributed by atoms with van der Waals surface area (Å²) in [6.07, 6.45) is 5.54. The number of carbonyl (C=O) groups excluding carboxylic acids is 1. The summed E-state index contributed by atoms with van der Waals surface area (Å²) >= 11 is 0. The van der Waals surface area contributed by atoms with Gasteiger partial charge in [0.1, 0.15) is 0 Å². The molecule has 0 aliphatic heterocycles. The number of carboxylic acids is 1. The van der Waals surface area contributed by atoms with Crippen molar-refractivity contribution in [3.05, 3.63) is 0 Å². The second-order valence-electron chi connectivity index (χ2n) is 5.10. The van der Waals surface area contributed by atoms with Crippen molar-refractivity contribution in [1.29, 1.82) is 0 Å². The van der Waals surface area contributed by atoms with Gasteiger partial charge in [0.05, 0.1) is 0 Å². The lowest BCUT2D eigenvalue weighted by molar-refractivity contribution is -0.137. The fourth-order valence-corrected chi connectivity index (χ4v) is 2.18. The third kappa shape index (κ3) is 4.24. The molecule has 0 aromatic heterocycles. The number of rotatable bonds is 7. The second-order valence-corrected chi connectivity index (χ2v) is 5.10. The molecule has 2 aliphatic rings. The van der Waals surface area contributed by atoms with E-state index in [1.165, 1.54) is 25.7 Å². The van der Waals surface area contributed by atoms with Gasteiger partial charge in [-0.15, -0.1) is 0 Å². The van der Waals surface area contributed by atoms with Crippen LogP contribution in [0.25, 0.3) is 0 Å². The smallest absolute Gasteiger partial charge is 0.315 e. The van der Waals surface area contributed by atoms with E-state index >= 15 is 0 Å². The van der Waals surface area contributed by atoms with E-state index in [9.17, 15) is 9.59 Å². The normalized spacial score (nSPS) is 19.1. The molecule has 0 heterocycles. The maximum Gasteiger partial charge on any atom is 0.315 e. The van der Waals surface area contributed by atoms with Gasteiger partial charge in [-0.3, -0.25) is 4.79 Å². The van der Waals surface area contributed by atoms with Crippen LogP contribution in [0.1, 0.15) is 38.5 Å². The lowest BCUT2D eigenvalue weighted by Crippen LogP contribution is -2.44. The van der Waals surface area contributed by atoms with Gasteiger partial charge in [-0.25, -0.2) is 4.79 Å². The topological polar surface area (TPSA) is 78.4 Å². The van der Waals surface area contributed by atoms with E-state index in [1.54, 1.807) is 0 Å².